The lowest BCUT2D eigenvalue weighted by atomic mass is 10.2. The Morgan fingerprint density at radius 3 is 2.79 bits per heavy atom. The number of nitro benzene ring substituents is 1. The SMILES string of the molecule is O=C(NN=Cc1ccc(OC(=O)c2ccco2)c([N+](=O)[O-])c1)c1cccnc1. The van der Waals surface area contributed by atoms with Gasteiger partial charge < -0.3 is 9.15 Å². The molecule has 140 valence electrons. The summed E-state index contributed by atoms with van der Waals surface area (Å²) in [6, 6.07) is 9.88. The van der Waals surface area contributed by atoms with E-state index in [4.69, 9.17) is 9.15 Å². The lowest BCUT2D eigenvalue weighted by Crippen LogP contribution is -2.17. The van der Waals surface area contributed by atoms with Crippen molar-refractivity contribution >= 4 is 23.8 Å². The number of pyridine rings is 1. The van der Waals surface area contributed by atoms with Crippen LogP contribution in [0.4, 0.5) is 5.69 Å². The van der Waals surface area contributed by atoms with E-state index in [0.717, 1.165) is 6.07 Å². The molecule has 1 aromatic carbocycles. The molecule has 1 amide bonds. The smallest absolute Gasteiger partial charge is 0.379 e. The first-order valence-electron chi connectivity index (χ1n) is 7.82. The number of carbonyl (C=O) groups excluding carboxylic acids is 2. The van der Waals surface area contributed by atoms with E-state index < -0.39 is 22.5 Å². The number of furan rings is 1. The molecular formula is C18H12N4O6. The van der Waals surface area contributed by atoms with E-state index in [0.29, 0.717) is 11.1 Å². The van der Waals surface area contributed by atoms with Crippen molar-refractivity contribution in [2.75, 3.05) is 0 Å². The van der Waals surface area contributed by atoms with Crippen LogP contribution in [0.15, 0.2) is 70.6 Å². The Kier molecular flexibility index (Phi) is 5.51. The highest BCUT2D eigenvalue weighted by atomic mass is 16.6. The molecule has 2 heterocycles. The van der Waals surface area contributed by atoms with Crippen LogP contribution in [-0.2, 0) is 0 Å². The summed E-state index contributed by atoms with van der Waals surface area (Å²) in [5.41, 5.74) is 2.47. The van der Waals surface area contributed by atoms with Gasteiger partial charge in [0.1, 0.15) is 0 Å². The molecule has 0 radical (unpaired) electrons. The van der Waals surface area contributed by atoms with Crippen molar-refractivity contribution in [3.05, 3.63) is 88.1 Å². The zero-order valence-corrected chi connectivity index (χ0v) is 14.1. The lowest BCUT2D eigenvalue weighted by Gasteiger charge is -2.04. The molecule has 0 unspecified atom stereocenters. The van der Waals surface area contributed by atoms with Gasteiger partial charge in [0.05, 0.1) is 23.0 Å². The average Bonchev–Trinajstić information content (AvgIpc) is 3.24. The molecule has 10 nitrogen and oxygen atoms in total. The lowest BCUT2D eigenvalue weighted by molar-refractivity contribution is -0.385. The minimum atomic E-state index is -0.863. The molecule has 0 aliphatic carbocycles. The number of hydrogen-bond acceptors (Lipinski definition) is 8. The number of nitro groups is 1. The highest BCUT2D eigenvalue weighted by molar-refractivity contribution is 5.94. The van der Waals surface area contributed by atoms with Gasteiger partial charge in [-0.25, -0.2) is 10.2 Å². The van der Waals surface area contributed by atoms with Gasteiger partial charge in [-0.05, 0) is 36.4 Å². The number of benzene rings is 1. The van der Waals surface area contributed by atoms with Crippen molar-refractivity contribution in [1.82, 2.24) is 10.4 Å². The molecule has 0 saturated heterocycles. The Balaban J connectivity index is 1.72. The predicted octanol–water partition coefficient (Wildman–Crippen LogP) is 2.57. The maximum Gasteiger partial charge on any atom is 0.379 e. The standard InChI is InChI=1S/C18H12N4O6/c23-17(13-3-1-7-19-11-13)21-20-10-12-5-6-15(14(9-12)22(25)26)28-18(24)16-4-2-8-27-16/h1-11H,(H,21,23). The van der Waals surface area contributed by atoms with Crippen molar-refractivity contribution in [2.45, 2.75) is 0 Å². The second-order valence-electron chi connectivity index (χ2n) is 5.29. The highest BCUT2D eigenvalue weighted by Gasteiger charge is 2.20. The first-order valence-corrected chi connectivity index (χ1v) is 7.82. The summed E-state index contributed by atoms with van der Waals surface area (Å²) < 4.78 is 9.90. The summed E-state index contributed by atoms with van der Waals surface area (Å²) in [5, 5.41) is 15.0. The zero-order valence-electron chi connectivity index (χ0n) is 14.1. The molecule has 0 fully saturated rings. The molecule has 2 aromatic heterocycles. The zero-order chi connectivity index (χ0) is 19.9. The number of nitrogens with zero attached hydrogens (tertiary/aromatic N) is 3. The summed E-state index contributed by atoms with van der Waals surface area (Å²) in [7, 11) is 0. The van der Waals surface area contributed by atoms with Crippen LogP contribution in [0.5, 0.6) is 5.75 Å². The third kappa shape index (κ3) is 4.43. The fraction of sp³-hybridized carbons (Fsp3) is 0. The fourth-order valence-corrected chi connectivity index (χ4v) is 2.12. The van der Waals surface area contributed by atoms with Gasteiger partial charge in [-0.3, -0.25) is 19.9 Å². The second kappa shape index (κ2) is 8.36. The maximum absolute atomic E-state index is 11.9. The summed E-state index contributed by atoms with van der Waals surface area (Å²) in [5.74, 6) is -1.68. The first kappa shape index (κ1) is 18.5. The number of hydrogen-bond donors (Lipinski definition) is 1. The van der Waals surface area contributed by atoms with Crippen LogP contribution in [0.2, 0.25) is 0 Å². The van der Waals surface area contributed by atoms with Gasteiger partial charge in [0, 0.05) is 24.0 Å². The molecule has 0 bridgehead atoms. The molecule has 3 aromatic rings. The van der Waals surface area contributed by atoms with Crippen molar-refractivity contribution in [2.24, 2.45) is 5.10 Å². The number of ether oxygens (including phenoxy) is 1. The van der Waals surface area contributed by atoms with E-state index in [-0.39, 0.29) is 11.5 Å². The van der Waals surface area contributed by atoms with Gasteiger partial charge >= 0.3 is 11.7 Å². The van der Waals surface area contributed by atoms with E-state index in [2.05, 4.69) is 15.5 Å². The van der Waals surface area contributed by atoms with Gasteiger partial charge in [-0.2, -0.15) is 5.10 Å². The van der Waals surface area contributed by atoms with Crippen LogP contribution < -0.4 is 10.2 Å². The number of amides is 1. The van der Waals surface area contributed by atoms with E-state index in [1.807, 2.05) is 0 Å². The van der Waals surface area contributed by atoms with Crippen LogP contribution in [0.25, 0.3) is 0 Å². The Morgan fingerprint density at radius 1 is 1.25 bits per heavy atom. The fourth-order valence-electron chi connectivity index (χ4n) is 2.12. The molecule has 28 heavy (non-hydrogen) atoms. The molecule has 0 spiro atoms. The van der Waals surface area contributed by atoms with Gasteiger partial charge in [-0.15, -0.1) is 0 Å². The number of carbonyl (C=O) groups is 2. The second-order valence-corrected chi connectivity index (χ2v) is 5.29. The summed E-state index contributed by atoms with van der Waals surface area (Å²) in [6.45, 7) is 0. The molecule has 0 aliphatic heterocycles. The normalized spacial score (nSPS) is 10.6. The molecule has 1 N–H and O–H groups in total. The summed E-state index contributed by atoms with van der Waals surface area (Å²) in [4.78, 5) is 38.2. The number of nitrogens with one attached hydrogen (secondary N) is 1. The van der Waals surface area contributed by atoms with Crippen LogP contribution >= 0.6 is 0 Å². The van der Waals surface area contributed by atoms with E-state index >= 15 is 0 Å². The highest BCUT2D eigenvalue weighted by Crippen LogP contribution is 2.28. The Morgan fingerprint density at radius 2 is 2.11 bits per heavy atom. The van der Waals surface area contributed by atoms with Gasteiger partial charge in [0.25, 0.3) is 5.91 Å². The number of rotatable bonds is 6. The van der Waals surface area contributed by atoms with Gasteiger partial charge in [-0.1, -0.05) is 0 Å². The molecule has 0 atom stereocenters. The number of aromatic nitrogens is 1. The van der Waals surface area contributed by atoms with Gasteiger partial charge in [0.15, 0.2) is 0 Å². The van der Waals surface area contributed by atoms with Crippen LogP contribution in [0, 0.1) is 10.1 Å². The largest absolute Gasteiger partial charge is 0.457 e. The van der Waals surface area contributed by atoms with Crippen molar-refractivity contribution in [3.8, 4) is 5.75 Å². The first-order chi connectivity index (χ1) is 13.5. The van der Waals surface area contributed by atoms with Crippen LogP contribution in [0.1, 0.15) is 26.5 Å². The predicted molar refractivity (Wildman–Crippen MR) is 96.1 cm³/mol. The van der Waals surface area contributed by atoms with E-state index in [1.54, 1.807) is 12.1 Å². The third-order valence-corrected chi connectivity index (χ3v) is 3.41. The molecule has 10 heteroatoms. The van der Waals surface area contributed by atoms with E-state index in [9.17, 15) is 19.7 Å². The Bertz CT molecular complexity index is 1030. The minimum Gasteiger partial charge on any atom is -0.457 e. The molecular weight excluding hydrogens is 368 g/mol. The Labute approximate surface area is 157 Å². The van der Waals surface area contributed by atoms with Crippen molar-refractivity contribution in [3.63, 3.8) is 0 Å². The van der Waals surface area contributed by atoms with Crippen molar-refractivity contribution < 1.29 is 23.7 Å². The number of esters is 1. The van der Waals surface area contributed by atoms with Gasteiger partial charge in [0.2, 0.25) is 11.5 Å². The summed E-state index contributed by atoms with van der Waals surface area (Å²) in [6.07, 6.45) is 5.40. The topological polar surface area (TPSA) is 137 Å². The average molecular weight is 380 g/mol. The van der Waals surface area contributed by atoms with Crippen molar-refractivity contribution in [1.29, 1.82) is 0 Å². The van der Waals surface area contributed by atoms with Crippen LogP contribution in [-0.4, -0.2) is 28.0 Å². The van der Waals surface area contributed by atoms with E-state index in [1.165, 1.54) is 49.1 Å². The molecule has 3 rings (SSSR count). The minimum absolute atomic E-state index is 0.0851. The maximum atomic E-state index is 11.9. The summed E-state index contributed by atoms with van der Waals surface area (Å²) >= 11 is 0. The quantitative estimate of drug-likeness (QED) is 0.228. The van der Waals surface area contributed by atoms with Crippen LogP contribution in [0.3, 0.4) is 0 Å². The number of hydrazone groups is 1. The third-order valence-electron chi connectivity index (χ3n) is 3.41. The Hall–Kier alpha value is -4.34. The monoisotopic (exact) mass is 380 g/mol. The molecule has 0 aliphatic rings. The molecule has 0 saturated carbocycles.